The van der Waals surface area contributed by atoms with E-state index < -0.39 is 0 Å². The van der Waals surface area contributed by atoms with Gasteiger partial charge in [0.25, 0.3) is 0 Å². The van der Waals surface area contributed by atoms with Crippen LogP contribution in [0.2, 0.25) is 0 Å². The predicted molar refractivity (Wildman–Crippen MR) is 63.9 cm³/mol. The van der Waals surface area contributed by atoms with Crippen molar-refractivity contribution in [3.8, 4) is 0 Å². The summed E-state index contributed by atoms with van der Waals surface area (Å²) in [5.74, 6) is 1.13. The summed E-state index contributed by atoms with van der Waals surface area (Å²) in [4.78, 5) is 4.60. The fraction of sp³-hybridized carbons (Fsp3) is 0.417. The van der Waals surface area contributed by atoms with Gasteiger partial charge in [0, 0.05) is 18.2 Å². The lowest BCUT2D eigenvalue weighted by Gasteiger charge is -2.11. The second kappa shape index (κ2) is 3.57. The van der Waals surface area contributed by atoms with Crippen molar-refractivity contribution in [1.29, 1.82) is 0 Å². The van der Waals surface area contributed by atoms with Gasteiger partial charge < -0.3 is 10.3 Å². The summed E-state index contributed by atoms with van der Waals surface area (Å²) in [6.07, 6.45) is 0.951. The zero-order chi connectivity index (χ0) is 11.0. The van der Waals surface area contributed by atoms with Gasteiger partial charge in [0.15, 0.2) is 0 Å². The number of anilines is 1. The second-order valence-corrected chi connectivity index (χ2v) is 4.09. The van der Waals surface area contributed by atoms with Gasteiger partial charge in [-0.2, -0.15) is 0 Å². The Morgan fingerprint density at radius 1 is 1.40 bits per heavy atom. The number of hydrogen-bond donors (Lipinski definition) is 1. The van der Waals surface area contributed by atoms with Gasteiger partial charge in [-0.1, -0.05) is 6.92 Å². The van der Waals surface area contributed by atoms with Gasteiger partial charge in [-0.15, -0.1) is 0 Å². The smallest absolute Gasteiger partial charge is 0.109 e. The van der Waals surface area contributed by atoms with Crippen LogP contribution in [0.1, 0.15) is 32.6 Å². The molecule has 0 spiro atoms. The van der Waals surface area contributed by atoms with E-state index in [0.29, 0.717) is 6.04 Å². The molecule has 0 saturated heterocycles. The standard InChI is InChI=1S/C12H17N3/c1-4-12-14-10-6-5-9(13)7-11(10)15(12)8(2)3/h5-8H,4,13H2,1-3H3. The molecule has 0 amide bonds. The number of benzene rings is 1. The van der Waals surface area contributed by atoms with Crippen LogP contribution in [0.5, 0.6) is 0 Å². The zero-order valence-corrected chi connectivity index (χ0v) is 9.49. The Morgan fingerprint density at radius 2 is 2.13 bits per heavy atom. The molecule has 1 aromatic heterocycles. The lowest BCUT2D eigenvalue weighted by molar-refractivity contribution is 0.588. The number of aryl methyl sites for hydroxylation is 1. The van der Waals surface area contributed by atoms with Crippen LogP contribution in [0.3, 0.4) is 0 Å². The van der Waals surface area contributed by atoms with Crippen LogP contribution >= 0.6 is 0 Å². The highest BCUT2D eigenvalue weighted by Crippen LogP contribution is 2.23. The van der Waals surface area contributed by atoms with Crippen molar-refractivity contribution >= 4 is 16.7 Å². The molecule has 2 aromatic rings. The molecule has 3 heteroatoms. The van der Waals surface area contributed by atoms with E-state index in [4.69, 9.17) is 5.73 Å². The highest BCUT2D eigenvalue weighted by molar-refractivity contribution is 5.79. The van der Waals surface area contributed by atoms with Gasteiger partial charge in [-0.25, -0.2) is 4.98 Å². The lowest BCUT2D eigenvalue weighted by atomic mass is 10.2. The van der Waals surface area contributed by atoms with Crippen molar-refractivity contribution in [2.75, 3.05) is 5.73 Å². The van der Waals surface area contributed by atoms with E-state index in [9.17, 15) is 0 Å². The first kappa shape index (κ1) is 10.0. The molecular weight excluding hydrogens is 186 g/mol. The summed E-state index contributed by atoms with van der Waals surface area (Å²) >= 11 is 0. The summed E-state index contributed by atoms with van der Waals surface area (Å²) < 4.78 is 2.26. The first-order valence-electron chi connectivity index (χ1n) is 5.39. The number of rotatable bonds is 2. The molecule has 0 saturated carbocycles. The number of nitrogens with zero attached hydrogens (tertiary/aromatic N) is 2. The van der Waals surface area contributed by atoms with E-state index in [1.165, 1.54) is 0 Å². The molecule has 0 aliphatic carbocycles. The number of aromatic nitrogens is 2. The SMILES string of the molecule is CCc1nc2ccc(N)cc2n1C(C)C. The fourth-order valence-electron chi connectivity index (χ4n) is 1.99. The van der Waals surface area contributed by atoms with E-state index in [1.54, 1.807) is 0 Å². The Hall–Kier alpha value is -1.51. The van der Waals surface area contributed by atoms with Crippen LogP contribution in [0.25, 0.3) is 11.0 Å². The Balaban J connectivity index is 2.76. The second-order valence-electron chi connectivity index (χ2n) is 4.09. The minimum Gasteiger partial charge on any atom is -0.399 e. The fourth-order valence-corrected chi connectivity index (χ4v) is 1.99. The molecule has 15 heavy (non-hydrogen) atoms. The minimum atomic E-state index is 0.423. The van der Waals surface area contributed by atoms with Crippen LogP contribution in [-0.2, 0) is 6.42 Å². The van der Waals surface area contributed by atoms with E-state index in [1.807, 2.05) is 18.2 Å². The number of nitrogens with two attached hydrogens (primary N) is 1. The first-order valence-corrected chi connectivity index (χ1v) is 5.39. The number of imidazole rings is 1. The zero-order valence-electron chi connectivity index (χ0n) is 9.49. The van der Waals surface area contributed by atoms with Crippen LogP contribution in [0.15, 0.2) is 18.2 Å². The maximum Gasteiger partial charge on any atom is 0.109 e. The lowest BCUT2D eigenvalue weighted by Crippen LogP contribution is -2.05. The first-order chi connectivity index (χ1) is 7.13. The van der Waals surface area contributed by atoms with Gasteiger partial charge in [-0.05, 0) is 32.0 Å². The molecule has 1 aromatic carbocycles. The normalized spacial score (nSPS) is 11.5. The van der Waals surface area contributed by atoms with E-state index >= 15 is 0 Å². The average Bonchev–Trinajstić information content (AvgIpc) is 2.55. The van der Waals surface area contributed by atoms with E-state index in [-0.39, 0.29) is 0 Å². The molecule has 0 unspecified atom stereocenters. The predicted octanol–water partition coefficient (Wildman–Crippen LogP) is 2.76. The maximum absolute atomic E-state index is 5.80. The third kappa shape index (κ3) is 1.58. The van der Waals surface area contributed by atoms with Crippen molar-refractivity contribution < 1.29 is 0 Å². The van der Waals surface area contributed by atoms with E-state index in [0.717, 1.165) is 29.0 Å². The molecule has 3 nitrogen and oxygen atoms in total. The van der Waals surface area contributed by atoms with Gasteiger partial charge >= 0.3 is 0 Å². The van der Waals surface area contributed by atoms with Crippen molar-refractivity contribution in [2.45, 2.75) is 33.2 Å². The van der Waals surface area contributed by atoms with Crippen LogP contribution in [0, 0.1) is 0 Å². The Kier molecular flexibility index (Phi) is 2.39. The summed E-state index contributed by atoms with van der Waals surface area (Å²) in [6.45, 7) is 6.47. The summed E-state index contributed by atoms with van der Waals surface area (Å²) in [7, 11) is 0. The summed E-state index contributed by atoms with van der Waals surface area (Å²) in [5, 5.41) is 0. The van der Waals surface area contributed by atoms with Crippen LogP contribution in [-0.4, -0.2) is 9.55 Å². The maximum atomic E-state index is 5.80. The van der Waals surface area contributed by atoms with Crippen molar-refractivity contribution in [3.05, 3.63) is 24.0 Å². The quantitative estimate of drug-likeness (QED) is 0.763. The van der Waals surface area contributed by atoms with E-state index in [2.05, 4.69) is 30.3 Å². The molecule has 80 valence electrons. The van der Waals surface area contributed by atoms with Crippen molar-refractivity contribution in [2.24, 2.45) is 0 Å². The molecular formula is C12H17N3. The van der Waals surface area contributed by atoms with Gasteiger partial charge in [0.1, 0.15) is 5.82 Å². The van der Waals surface area contributed by atoms with Gasteiger partial charge in [0.2, 0.25) is 0 Å². The molecule has 0 radical (unpaired) electrons. The number of fused-ring (bicyclic) bond motifs is 1. The van der Waals surface area contributed by atoms with Crippen LogP contribution < -0.4 is 5.73 Å². The molecule has 0 fully saturated rings. The third-order valence-electron chi connectivity index (χ3n) is 2.62. The summed E-state index contributed by atoms with van der Waals surface area (Å²) in [6, 6.07) is 6.32. The van der Waals surface area contributed by atoms with Crippen LogP contribution in [0.4, 0.5) is 5.69 Å². The van der Waals surface area contributed by atoms with Crippen molar-refractivity contribution in [1.82, 2.24) is 9.55 Å². The molecule has 0 atom stereocenters. The van der Waals surface area contributed by atoms with Gasteiger partial charge in [0.05, 0.1) is 11.0 Å². The largest absolute Gasteiger partial charge is 0.399 e. The Morgan fingerprint density at radius 3 is 2.73 bits per heavy atom. The average molecular weight is 203 g/mol. The third-order valence-corrected chi connectivity index (χ3v) is 2.62. The molecule has 2 rings (SSSR count). The van der Waals surface area contributed by atoms with Gasteiger partial charge in [-0.3, -0.25) is 0 Å². The Bertz CT molecular complexity index is 483. The molecule has 0 bridgehead atoms. The monoisotopic (exact) mass is 203 g/mol. The van der Waals surface area contributed by atoms with Crippen molar-refractivity contribution in [3.63, 3.8) is 0 Å². The minimum absolute atomic E-state index is 0.423. The molecule has 1 heterocycles. The number of hydrogen-bond acceptors (Lipinski definition) is 2. The highest BCUT2D eigenvalue weighted by Gasteiger charge is 2.11. The molecule has 0 aliphatic rings. The number of nitrogen functional groups attached to an aromatic ring is 1. The molecule has 0 aliphatic heterocycles. The summed E-state index contributed by atoms with van der Waals surface area (Å²) in [5.41, 5.74) is 8.78. The topological polar surface area (TPSA) is 43.8 Å². The Labute approximate surface area is 89.9 Å². The highest BCUT2D eigenvalue weighted by atomic mass is 15.1. The molecule has 2 N–H and O–H groups in total.